The van der Waals surface area contributed by atoms with Gasteiger partial charge in [-0.05, 0) is 37.8 Å². The van der Waals surface area contributed by atoms with Crippen LogP contribution >= 0.6 is 23.1 Å². The smallest absolute Gasteiger partial charge is 0.242 e. The second-order valence-electron chi connectivity index (χ2n) is 6.48. The number of thioether (sulfide) groups is 1. The Balaban J connectivity index is 1.92. The number of aromatic nitrogens is 4. The lowest BCUT2D eigenvalue weighted by Gasteiger charge is -2.04. The van der Waals surface area contributed by atoms with E-state index in [2.05, 4.69) is 21.5 Å². The number of nitrogens with zero attached hydrogens (tertiary/aromatic N) is 4. The maximum Gasteiger partial charge on any atom is 0.242 e. The van der Waals surface area contributed by atoms with Crippen molar-refractivity contribution in [3.8, 4) is 5.69 Å². The van der Waals surface area contributed by atoms with Crippen molar-refractivity contribution in [3.05, 3.63) is 51.0 Å². The lowest BCUT2D eigenvalue weighted by molar-refractivity contribution is 0.913. The number of hydrogen-bond donors (Lipinski definition) is 0. The third-order valence-corrected chi connectivity index (χ3v) is 7.17. The number of rotatable bonds is 4. The molecule has 5 nitrogen and oxygen atoms in total. The highest BCUT2D eigenvalue weighted by Crippen LogP contribution is 2.34. The molecular formula is C19H18N4OS2. The Kier molecular flexibility index (Phi) is 3.86. The zero-order valence-electron chi connectivity index (χ0n) is 14.4. The number of imidazole rings is 1. The highest BCUT2D eigenvalue weighted by molar-refractivity contribution is 7.99. The van der Waals surface area contributed by atoms with E-state index in [1.54, 1.807) is 23.1 Å². The van der Waals surface area contributed by atoms with Gasteiger partial charge in [0, 0.05) is 21.9 Å². The molecule has 1 aliphatic carbocycles. The summed E-state index contributed by atoms with van der Waals surface area (Å²) in [5.41, 5.74) is 2.85. The lowest BCUT2D eigenvalue weighted by Crippen LogP contribution is -2.11. The Hall–Kier alpha value is -2.12. The van der Waals surface area contributed by atoms with Crippen LogP contribution in [0.25, 0.3) is 21.8 Å². The summed E-state index contributed by atoms with van der Waals surface area (Å²) in [7, 11) is 0. The Bertz CT molecular complexity index is 1170. The molecule has 3 aromatic heterocycles. The summed E-state index contributed by atoms with van der Waals surface area (Å²) in [5, 5.41) is 9.73. The van der Waals surface area contributed by atoms with E-state index in [0.717, 1.165) is 64.0 Å². The summed E-state index contributed by atoms with van der Waals surface area (Å²) in [6.07, 6.45) is 4.03. The molecule has 1 aliphatic rings. The predicted molar refractivity (Wildman–Crippen MR) is 107 cm³/mol. The number of para-hydroxylation sites is 1. The molecule has 1 aromatic carbocycles. The molecule has 0 aliphatic heterocycles. The minimum absolute atomic E-state index is 0.159. The molecule has 0 amide bonds. The van der Waals surface area contributed by atoms with Crippen LogP contribution in [0.2, 0.25) is 0 Å². The molecule has 26 heavy (non-hydrogen) atoms. The van der Waals surface area contributed by atoms with Crippen molar-refractivity contribution < 1.29 is 0 Å². The highest BCUT2D eigenvalue weighted by atomic mass is 32.2. The van der Waals surface area contributed by atoms with Gasteiger partial charge in [-0.15, -0.1) is 21.5 Å². The SMILES string of the molecule is CCCSc1nnc2n(-c3ccccc3)c3c(=O)c4c(sc3n12)CCC4. The first-order chi connectivity index (χ1) is 12.8. The van der Waals surface area contributed by atoms with Crippen LogP contribution in [0.4, 0.5) is 0 Å². The van der Waals surface area contributed by atoms with E-state index in [1.165, 1.54) is 4.88 Å². The van der Waals surface area contributed by atoms with Gasteiger partial charge in [0.05, 0.1) is 0 Å². The molecule has 0 bridgehead atoms. The minimum Gasteiger partial charge on any atom is -0.287 e. The molecule has 7 heteroatoms. The van der Waals surface area contributed by atoms with Crippen molar-refractivity contribution in [3.63, 3.8) is 0 Å². The van der Waals surface area contributed by atoms with E-state index >= 15 is 0 Å². The summed E-state index contributed by atoms with van der Waals surface area (Å²) >= 11 is 3.44. The third-order valence-electron chi connectivity index (χ3n) is 4.77. The van der Waals surface area contributed by atoms with Gasteiger partial charge in [-0.1, -0.05) is 36.9 Å². The fraction of sp³-hybridized carbons (Fsp3) is 0.316. The fourth-order valence-electron chi connectivity index (χ4n) is 3.62. The standard InChI is InChI=1S/C19H18N4OS2/c1-2-11-25-19-21-20-18-22(12-7-4-3-5-8-12)15-16(24)13-9-6-10-14(13)26-17(15)23(18)19/h3-5,7-8H,2,6,9-11H2,1H3. The summed E-state index contributed by atoms with van der Waals surface area (Å²) in [4.78, 5) is 15.5. The summed E-state index contributed by atoms with van der Waals surface area (Å²) in [6, 6.07) is 10.00. The van der Waals surface area contributed by atoms with Gasteiger partial charge in [-0.25, -0.2) is 4.40 Å². The van der Waals surface area contributed by atoms with Gasteiger partial charge >= 0.3 is 0 Å². The first kappa shape index (κ1) is 16.1. The van der Waals surface area contributed by atoms with E-state index in [1.807, 2.05) is 34.9 Å². The molecule has 5 rings (SSSR count). The molecule has 0 radical (unpaired) electrons. The molecule has 132 valence electrons. The molecular weight excluding hydrogens is 364 g/mol. The largest absolute Gasteiger partial charge is 0.287 e. The zero-order valence-corrected chi connectivity index (χ0v) is 16.1. The minimum atomic E-state index is 0.159. The molecule has 0 spiro atoms. The van der Waals surface area contributed by atoms with Crippen LogP contribution in [0.3, 0.4) is 0 Å². The average molecular weight is 383 g/mol. The maximum absolute atomic E-state index is 13.3. The zero-order chi connectivity index (χ0) is 17.7. The van der Waals surface area contributed by atoms with Crippen molar-refractivity contribution in [2.45, 2.75) is 37.8 Å². The van der Waals surface area contributed by atoms with Crippen LogP contribution < -0.4 is 5.43 Å². The summed E-state index contributed by atoms with van der Waals surface area (Å²) in [6.45, 7) is 2.16. The molecule has 4 aromatic rings. The molecule has 0 unspecified atom stereocenters. The van der Waals surface area contributed by atoms with E-state index < -0.39 is 0 Å². The van der Waals surface area contributed by atoms with Crippen LogP contribution in [0.15, 0.2) is 40.3 Å². The fourth-order valence-corrected chi connectivity index (χ4v) is 5.80. The topological polar surface area (TPSA) is 52.2 Å². The highest BCUT2D eigenvalue weighted by Gasteiger charge is 2.26. The number of hydrogen-bond acceptors (Lipinski definition) is 5. The molecule has 0 atom stereocenters. The van der Waals surface area contributed by atoms with E-state index in [4.69, 9.17) is 0 Å². The first-order valence-electron chi connectivity index (χ1n) is 8.92. The number of benzene rings is 1. The van der Waals surface area contributed by atoms with Crippen molar-refractivity contribution in [2.24, 2.45) is 0 Å². The molecule has 3 heterocycles. The number of aryl methyl sites for hydroxylation is 1. The van der Waals surface area contributed by atoms with Gasteiger partial charge < -0.3 is 0 Å². The van der Waals surface area contributed by atoms with Crippen LogP contribution in [0, 0.1) is 0 Å². The molecule has 0 N–H and O–H groups in total. The third kappa shape index (κ3) is 2.27. The van der Waals surface area contributed by atoms with Gasteiger partial charge in [0.2, 0.25) is 11.2 Å². The van der Waals surface area contributed by atoms with Gasteiger partial charge in [0.25, 0.3) is 0 Å². The quantitative estimate of drug-likeness (QED) is 0.499. The van der Waals surface area contributed by atoms with Crippen molar-refractivity contribution >= 4 is 39.2 Å². The van der Waals surface area contributed by atoms with Crippen LogP contribution in [-0.4, -0.2) is 24.9 Å². The van der Waals surface area contributed by atoms with Crippen molar-refractivity contribution in [1.82, 2.24) is 19.2 Å². The van der Waals surface area contributed by atoms with Crippen LogP contribution in [0.5, 0.6) is 0 Å². The number of fused-ring (bicyclic) bond motifs is 4. The molecule has 0 saturated carbocycles. The second kappa shape index (κ2) is 6.25. The van der Waals surface area contributed by atoms with E-state index in [-0.39, 0.29) is 5.43 Å². The van der Waals surface area contributed by atoms with Gasteiger partial charge in [-0.2, -0.15) is 0 Å². The van der Waals surface area contributed by atoms with E-state index in [9.17, 15) is 4.79 Å². The normalized spacial score (nSPS) is 13.7. The average Bonchev–Trinajstić information content (AvgIpc) is 3.36. The Morgan fingerprint density at radius 2 is 2.04 bits per heavy atom. The predicted octanol–water partition coefficient (Wildman–Crippen LogP) is 4.09. The van der Waals surface area contributed by atoms with Gasteiger partial charge in [0.1, 0.15) is 10.3 Å². The van der Waals surface area contributed by atoms with Gasteiger partial charge in [-0.3, -0.25) is 9.36 Å². The Labute approximate surface area is 158 Å². The van der Waals surface area contributed by atoms with Crippen molar-refractivity contribution in [1.29, 1.82) is 0 Å². The second-order valence-corrected chi connectivity index (χ2v) is 8.62. The summed E-state index contributed by atoms with van der Waals surface area (Å²) < 4.78 is 4.06. The first-order valence-corrected chi connectivity index (χ1v) is 10.7. The van der Waals surface area contributed by atoms with Crippen LogP contribution in [-0.2, 0) is 12.8 Å². The maximum atomic E-state index is 13.3. The van der Waals surface area contributed by atoms with Gasteiger partial charge in [0.15, 0.2) is 5.16 Å². The molecule has 0 fully saturated rings. The molecule has 0 saturated heterocycles. The summed E-state index contributed by atoms with van der Waals surface area (Å²) in [5.74, 6) is 1.71. The monoisotopic (exact) mass is 382 g/mol. The van der Waals surface area contributed by atoms with Crippen LogP contribution in [0.1, 0.15) is 30.2 Å². The van der Waals surface area contributed by atoms with E-state index in [0.29, 0.717) is 0 Å². The Morgan fingerprint density at radius 3 is 2.85 bits per heavy atom. The Morgan fingerprint density at radius 1 is 1.19 bits per heavy atom. The lowest BCUT2D eigenvalue weighted by atomic mass is 10.2. The van der Waals surface area contributed by atoms with Crippen molar-refractivity contribution in [2.75, 3.05) is 5.75 Å².